The fourth-order valence-electron chi connectivity index (χ4n) is 6.25. The van der Waals surface area contributed by atoms with Gasteiger partial charge in [0.25, 0.3) is 0 Å². The number of piperidine rings is 3. The number of esters is 1. The molecule has 2 aromatic heterocycles. The van der Waals surface area contributed by atoms with Gasteiger partial charge in [-0.05, 0) is 73.2 Å². The number of hydrogen-bond acceptors (Lipinski definition) is 6. The van der Waals surface area contributed by atoms with Crippen molar-refractivity contribution in [1.29, 1.82) is 0 Å². The van der Waals surface area contributed by atoms with Crippen molar-refractivity contribution >= 4 is 16.9 Å². The Morgan fingerprint density at radius 2 is 2.00 bits per heavy atom. The first-order valence-corrected chi connectivity index (χ1v) is 13.6. The Morgan fingerprint density at radius 3 is 2.69 bits per heavy atom. The average molecular weight is 523 g/mol. The number of methoxy groups -OCH3 is 1. The molecule has 3 aliphatic rings. The third-order valence-electron chi connectivity index (χ3n) is 8.50. The average Bonchev–Trinajstić information content (AvgIpc) is 3.39. The molecule has 5 heterocycles. The van der Waals surface area contributed by atoms with Crippen molar-refractivity contribution in [3.8, 4) is 5.75 Å². The summed E-state index contributed by atoms with van der Waals surface area (Å²) >= 11 is 0. The van der Waals surface area contributed by atoms with Gasteiger partial charge in [-0.3, -0.25) is 9.88 Å². The highest BCUT2D eigenvalue weighted by Crippen LogP contribution is 2.44. The normalized spacial score (nSPS) is 22.9. The SMILES string of the molecule is C=C[C@H]1CN2CC[C@H]1C[C@H]2[C@H](OC(=O)c1ccc(Cc2nccn2C)cc1)c1ccnc2ccc(OC)cc12. The first kappa shape index (κ1) is 25.3. The van der Waals surface area contributed by atoms with Crippen LogP contribution in [-0.2, 0) is 18.2 Å². The Labute approximate surface area is 229 Å². The first-order chi connectivity index (χ1) is 19.0. The lowest BCUT2D eigenvalue weighted by Crippen LogP contribution is -2.55. The number of benzene rings is 2. The molecule has 0 radical (unpaired) electrons. The van der Waals surface area contributed by atoms with E-state index in [4.69, 9.17) is 9.47 Å². The van der Waals surface area contributed by atoms with Gasteiger partial charge in [-0.25, -0.2) is 9.78 Å². The van der Waals surface area contributed by atoms with E-state index in [2.05, 4.69) is 27.5 Å². The van der Waals surface area contributed by atoms with E-state index in [1.807, 2.05) is 66.3 Å². The quantitative estimate of drug-likeness (QED) is 0.229. The highest BCUT2D eigenvalue weighted by molar-refractivity contribution is 5.90. The van der Waals surface area contributed by atoms with Gasteiger partial charge in [-0.15, -0.1) is 6.58 Å². The smallest absolute Gasteiger partial charge is 0.338 e. The molecule has 5 atom stereocenters. The zero-order valence-electron chi connectivity index (χ0n) is 22.5. The third kappa shape index (κ3) is 4.94. The Bertz CT molecular complexity index is 1500. The minimum Gasteiger partial charge on any atom is -0.497 e. The fourth-order valence-corrected chi connectivity index (χ4v) is 6.25. The number of carbonyl (C=O) groups is 1. The van der Waals surface area contributed by atoms with Crippen LogP contribution in [0.25, 0.3) is 10.9 Å². The molecular weight excluding hydrogens is 488 g/mol. The van der Waals surface area contributed by atoms with Crippen molar-refractivity contribution in [1.82, 2.24) is 19.4 Å². The van der Waals surface area contributed by atoms with Crippen LogP contribution in [0.15, 0.2) is 79.8 Å². The zero-order chi connectivity index (χ0) is 26.9. The highest BCUT2D eigenvalue weighted by atomic mass is 16.5. The van der Waals surface area contributed by atoms with Gasteiger partial charge in [0.15, 0.2) is 0 Å². The van der Waals surface area contributed by atoms with Crippen molar-refractivity contribution in [3.05, 3.63) is 102 Å². The lowest BCUT2D eigenvalue weighted by molar-refractivity contribution is -0.0568. The van der Waals surface area contributed by atoms with Crippen molar-refractivity contribution in [2.75, 3.05) is 20.2 Å². The third-order valence-corrected chi connectivity index (χ3v) is 8.50. The first-order valence-electron chi connectivity index (χ1n) is 13.6. The summed E-state index contributed by atoms with van der Waals surface area (Å²) in [6, 6.07) is 15.6. The molecule has 200 valence electrons. The standard InChI is InChI=1S/C32H34N4O3/c1-4-22-20-36-15-12-24(22)18-29(36)31(26-11-13-33-28-10-9-25(38-3)19-27(26)28)39-32(37)23-7-5-21(6-8-23)17-30-34-14-16-35(30)2/h4-11,13-14,16,19,22,24,29,31H,1,12,15,17-18,20H2,2-3H3/t22-,24-,29-,31+/m0/s1. The molecule has 0 amide bonds. The molecule has 7 heteroatoms. The molecular formula is C32H34N4O3. The number of carbonyl (C=O) groups excluding carboxylic acids is 1. The van der Waals surface area contributed by atoms with Gasteiger partial charge in [0.1, 0.15) is 17.7 Å². The zero-order valence-corrected chi connectivity index (χ0v) is 22.5. The molecule has 39 heavy (non-hydrogen) atoms. The van der Waals surface area contributed by atoms with Crippen molar-refractivity contribution in [2.45, 2.75) is 31.4 Å². The highest BCUT2D eigenvalue weighted by Gasteiger charge is 2.44. The fraction of sp³-hybridized carbons (Fsp3) is 0.344. The minimum atomic E-state index is -0.434. The second-order valence-electron chi connectivity index (χ2n) is 10.7. The maximum atomic E-state index is 13.6. The summed E-state index contributed by atoms with van der Waals surface area (Å²) in [5.41, 5.74) is 3.45. The topological polar surface area (TPSA) is 69.5 Å². The van der Waals surface area contributed by atoms with E-state index in [0.717, 1.165) is 59.5 Å². The van der Waals surface area contributed by atoms with E-state index in [1.165, 1.54) is 0 Å². The van der Waals surface area contributed by atoms with Crippen molar-refractivity contribution in [2.24, 2.45) is 18.9 Å². The monoisotopic (exact) mass is 522 g/mol. The van der Waals surface area contributed by atoms with Crippen LogP contribution in [0.3, 0.4) is 0 Å². The molecule has 2 aromatic carbocycles. The van der Waals surface area contributed by atoms with Gasteiger partial charge in [0.2, 0.25) is 0 Å². The lowest BCUT2D eigenvalue weighted by Gasteiger charge is -2.51. The van der Waals surface area contributed by atoms with Crippen molar-refractivity contribution < 1.29 is 14.3 Å². The Balaban J connectivity index is 1.32. The number of hydrogen-bond donors (Lipinski definition) is 0. The van der Waals surface area contributed by atoms with Gasteiger partial charge in [-0.2, -0.15) is 0 Å². The molecule has 3 fully saturated rings. The number of pyridine rings is 1. The van der Waals surface area contributed by atoms with Crippen LogP contribution >= 0.6 is 0 Å². The minimum absolute atomic E-state index is 0.0865. The maximum absolute atomic E-state index is 13.6. The molecule has 0 aliphatic carbocycles. The Morgan fingerprint density at radius 1 is 1.15 bits per heavy atom. The van der Waals surface area contributed by atoms with Gasteiger partial charge < -0.3 is 14.0 Å². The van der Waals surface area contributed by atoms with E-state index < -0.39 is 6.10 Å². The molecule has 2 bridgehead atoms. The summed E-state index contributed by atoms with van der Waals surface area (Å²) in [5.74, 6) is 2.44. The number of fused-ring (bicyclic) bond motifs is 4. The number of ether oxygens (including phenoxy) is 2. The van der Waals surface area contributed by atoms with E-state index in [1.54, 1.807) is 19.5 Å². The van der Waals surface area contributed by atoms with E-state index >= 15 is 0 Å². The molecule has 3 saturated heterocycles. The Hall–Kier alpha value is -3.97. The number of aryl methyl sites for hydroxylation is 1. The summed E-state index contributed by atoms with van der Waals surface area (Å²) in [6.45, 7) is 6.02. The second-order valence-corrected chi connectivity index (χ2v) is 10.7. The summed E-state index contributed by atoms with van der Waals surface area (Å²) in [5, 5.41) is 0.947. The van der Waals surface area contributed by atoms with Gasteiger partial charge in [0, 0.05) is 49.6 Å². The molecule has 4 aromatic rings. The molecule has 0 spiro atoms. The van der Waals surface area contributed by atoms with Crippen LogP contribution in [0.5, 0.6) is 5.75 Å². The maximum Gasteiger partial charge on any atom is 0.338 e. The number of aromatic nitrogens is 3. The lowest BCUT2D eigenvalue weighted by atomic mass is 9.73. The summed E-state index contributed by atoms with van der Waals surface area (Å²) < 4.78 is 14.0. The van der Waals surface area contributed by atoms with E-state index in [-0.39, 0.29) is 12.0 Å². The van der Waals surface area contributed by atoms with Crippen molar-refractivity contribution in [3.63, 3.8) is 0 Å². The van der Waals surface area contributed by atoms with E-state index in [0.29, 0.717) is 23.8 Å². The summed E-state index contributed by atoms with van der Waals surface area (Å²) in [6.07, 6.45) is 10.0. The van der Waals surface area contributed by atoms with Crippen LogP contribution in [0.1, 0.15) is 46.3 Å². The van der Waals surface area contributed by atoms with Crippen LogP contribution in [0.2, 0.25) is 0 Å². The molecule has 0 saturated carbocycles. The number of imidazole rings is 1. The molecule has 7 nitrogen and oxygen atoms in total. The van der Waals surface area contributed by atoms with Crippen LogP contribution in [0, 0.1) is 11.8 Å². The summed E-state index contributed by atoms with van der Waals surface area (Å²) in [4.78, 5) is 25.1. The second kappa shape index (κ2) is 10.7. The summed E-state index contributed by atoms with van der Waals surface area (Å²) in [7, 11) is 3.64. The van der Waals surface area contributed by atoms with Gasteiger partial charge in [0.05, 0.1) is 24.2 Å². The predicted molar refractivity (Wildman–Crippen MR) is 151 cm³/mol. The van der Waals surface area contributed by atoms with Crippen LogP contribution in [-0.4, -0.2) is 51.6 Å². The van der Waals surface area contributed by atoms with E-state index in [9.17, 15) is 4.79 Å². The molecule has 1 unspecified atom stereocenters. The van der Waals surface area contributed by atoms with Crippen LogP contribution < -0.4 is 4.74 Å². The van der Waals surface area contributed by atoms with Gasteiger partial charge >= 0.3 is 5.97 Å². The molecule has 0 N–H and O–H groups in total. The molecule has 7 rings (SSSR count). The van der Waals surface area contributed by atoms with Crippen LogP contribution in [0.4, 0.5) is 0 Å². The largest absolute Gasteiger partial charge is 0.497 e. The van der Waals surface area contributed by atoms with Gasteiger partial charge in [-0.1, -0.05) is 18.2 Å². The molecule has 3 aliphatic heterocycles. The number of rotatable bonds is 8. The Kier molecular flexibility index (Phi) is 6.92. The number of nitrogens with zero attached hydrogens (tertiary/aromatic N) is 4. The predicted octanol–water partition coefficient (Wildman–Crippen LogP) is 5.36.